The minimum atomic E-state index is -0.443. The highest BCUT2D eigenvalue weighted by Gasteiger charge is 2.24. The van der Waals surface area contributed by atoms with E-state index in [1.807, 2.05) is 17.0 Å². The molecule has 0 unspecified atom stereocenters. The molecule has 0 N–H and O–H groups in total. The highest BCUT2D eigenvalue weighted by molar-refractivity contribution is 5.82. The largest absolute Gasteiger partial charge is 0.362 e. The smallest absolute Gasteiger partial charge is 0.271 e. The Kier molecular flexibility index (Phi) is 6.30. The lowest BCUT2D eigenvalue weighted by Crippen LogP contribution is -2.43. The Morgan fingerprint density at radius 1 is 1.28 bits per heavy atom. The van der Waals surface area contributed by atoms with Gasteiger partial charge in [0.1, 0.15) is 0 Å². The number of anilines is 1. The van der Waals surface area contributed by atoms with Crippen LogP contribution in [0.1, 0.15) is 24.8 Å². The number of nitrogens with zero attached hydrogens (tertiary/aromatic N) is 5. The maximum Gasteiger partial charge on any atom is 0.271 e. The van der Waals surface area contributed by atoms with Gasteiger partial charge in [0.15, 0.2) is 0 Å². The van der Waals surface area contributed by atoms with E-state index in [1.54, 1.807) is 6.07 Å². The van der Waals surface area contributed by atoms with Crippen LogP contribution < -0.4 is 4.90 Å². The summed E-state index contributed by atoms with van der Waals surface area (Å²) in [5, 5.41) is 28.5. The summed E-state index contributed by atoms with van der Waals surface area (Å²) in [7, 11) is 0. The SMILES string of the molecule is N#CCCN(CCC#N)C(=O)CN1CCCc2ccc([N+](=O)[O-])cc21. The molecule has 1 aromatic carbocycles. The van der Waals surface area contributed by atoms with Gasteiger partial charge in [-0.3, -0.25) is 14.9 Å². The quantitative estimate of drug-likeness (QED) is 0.553. The van der Waals surface area contributed by atoms with Gasteiger partial charge in [0.25, 0.3) is 5.69 Å². The van der Waals surface area contributed by atoms with Crippen LogP contribution in [-0.4, -0.2) is 41.9 Å². The van der Waals surface area contributed by atoms with Crippen molar-refractivity contribution in [3.63, 3.8) is 0 Å². The van der Waals surface area contributed by atoms with Crippen molar-refractivity contribution in [1.29, 1.82) is 10.5 Å². The second-order valence-corrected chi connectivity index (χ2v) is 5.79. The minimum Gasteiger partial charge on any atom is -0.362 e. The summed E-state index contributed by atoms with van der Waals surface area (Å²) in [5.74, 6) is -0.176. The summed E-state index contributed by atoms with van der Waals surface area (Å²) < 4.78 is 0. The zero-order valence-electron chi connectivity index (χ0n) is 13.8. The highest BCUT2D eigenvalue weighted by Crippen LogP contribution is 2.30. The number of nitro benzene ring substituents is 1. The molecular weight excluding hydrogens is 322 g/mol. The Morgan fingerprint density at radius 2 is 1.96 bits per heavy atom. The number of rotatable bonds is 7. The van der Waals surface area contributed by atoms with Gasteiger partial charge in [0.2, 0.25) is 5.91 Å². The molecule has 8 nitrogen and oxygen atoms in total. The molecule has 2 rings (SSSR count). The summed E-state index contributed by atoms with van der Waals surface area (Å²) in [6, 6.07) is 8.74. The van der Waals surface area contributed by atoms with Gasteiger partial charge in [0.05, 0.1) is 36.4 Å². The normalized spacial score (nSPS) is 12.6. The average molecular weight is 341 g/mol. The summed E-state index contributed by atoms with van der Waals surface area (Å²) in [5.41, 5.74) is 1.71. The zero-order valence-corrected chi connectivity index (χ0v) is 13.8. The monoisotopic (exact) mass is 341 g/mol. The van der Waals surface area contributed by atoms with Crippen LogP contribution in [0, 0.1) is 32.8 Å². The third-order valence-corrected chi connectivity index (χ3v) is 4.16. The Bertz CT molecular complexity index is 717. The molecule has 1 aliphatic heterocycles. The average Bonchev–Trinajstić information content (AvgIpc) is 2.61. The summed E-state index contributed by atoms with van der Waals surface area (Å²) in [6.45, 7) is 1.30. The second-order valence-electron chi connectivity index (χ2n) is 5.79. The van der Waals surface area contributed by atoms with E-state index in [1.165, 1.54) is 17.0 Å². The van der Waals surface area contributed by atoms with Gasteiger partial charge in [-0.25, -0.2) is 0 Å². The number of amides is 1. The Hall–Kier alpha value is -3.13. The Morgan fingerprint density at radius 3 is 2.56 bits per heavy atom. The van der Waals surface area contributed by atoms with Crippen LogP contribution in [0.3, 0.4) is 0 Å². The van der Waals surface area contributed by atoms with E-state index in [4.69, 9.17) is 10.5 Å². The maximum absolute atomic E-state index is 12.6. The van der Waals surface area contributed by atoms with E-state index in [2.05, 4.69) is 0 Å². The number of nitriles is 2. The Balaban J connectivity index is 2.15. The third kappa shape index (κ3) is 4.67. The Labute approximate surface area is 146 Å². The first-order valence-corrected chi connectivity index (χ1v) is 8.10. The van der Waals surface area contributed by atoms with Crippen molar-refractivity contribution in [1.82, 2.24) is 4.90 Å². The maximum atomic E-state index is 12.6. The first-order valence-electron chi connectivity index (χ1n) is 8.10. The lowest BCUT2D eigenvalue weighted by Gasteiger charge is -2.32. The van der Waals surface area contributed by atoms with Crippen molar-refractivity contribution in [2.75, 3.05) is 31.1 Å². The number of aryl methyl sites for hydroxylation is 1. The van der Waals surface area contributed by atoms with Crippen LogP contribution in [0.25, 0.3) is 0 Å². The molecule has 1 aliphatic rings. The van der Waals surface area contributed by atoms with Crippen molar-refractivity contribution < 1.29 is 9.72 Å². The summed E-state index contributed by atoms with van der Waals surface area (Å²) >= 11 is 0. The van der Waals surface area contributed by atoms with Gasteiger partial charge in [-0.05, 0) is 18.4 Å². The van der Waals surface area contributed by atoms with Crippen LogP contribution in [0.15, 0.2) is 18.2 Å². The number of benzene rings is 1. The van der Waals surface area contributed by atoms with E-state index in [0.717, 1.165) is 18.4 Å². The summed E-state index contributed by atoms with van der Waals surface area (Å²) in [6.07, 6.45) is 2.11. The van der Waals surface area contributed by atoms with Crippen molar-refractivity contribution in [2.24, 2.45) is 0 Å². The van der Waals surface area contributed by atoms with Crippen LogP contribution in [0.4, 0.5) is 11.4 Å². The van der Waals surface area contributed by atoms with Crippen molar-refractivity contribution in [3.8, 4) is 12.1 Å². The standard InChI is InChI=1S/C17H19N5O3/c18-7-2-10-20(11-3-8-19)17(23)13-21-9-1-4-14-5-6-15(22(24)25)12-16(14)21/h5-6,12H,1-4,9-11,13H2. The van der Waals surface area contributed by atoms with E-state index >= 15 is 0 Å². The topological polar surface area (TPSA) is 114 Å². The van der Waals surface area contributed by atoms with Gasteiger partial charge in [-0.1, -0.05) is 6.07 Å². The lowest BCUT2D eigenvalue weighted by molar-refractivity contribution is -0.384. The van der Waals surface area contributed by atoms with Gasteiger partial charge in [-0.15, -0.1) is 0 Å². The molecule has 0 atom stereocenters. The molecule has 1 aromatic rings. The molecule has 0 saturated carbocycles. The minimum absolute atomic E-state index is 0.00363. The third-order valence-electron chi connectivity index (χ3n) is 4.16. The highest BCUT2D eigenvalue weighted by atomic mass is 16.6. The second kappa shape index (κ2) is 8.65. The molecule has 1 amide bonds. The van der Waals surface area contributed by atoms with Crippen molar-refractivity contribution >= 4 is 17.3 Å². The molecule has 1 heterocycles. The van der Waals surface area contributed by atoms with Crippen LogP contribution in [-0.2, 0) is 11.2 Å². The van der Waals surface area contributed by atoms with Crippen LogP contribution in [0.5, 0.6) is 0 Å². The number of nitro groups is 1. The molecule has 0 aliphatic carbocycles. The van der Waals surface area contributed by atoms with E-state index in [9.17, 15) is 14.9 Å². The predicted octanol–water partition coefficient (Wildman–Crippen LogP) is 2.00. The summed E-state index contributed by atoms with van der Waals surface area (Å²) in [4.78, 5) is 26.5. The van der Waals surface area contributed by atoms with Crippen molar-refractivity contribution in [2.45, 2.75) is 25.7 Å². The van der Waals surface area contributed by atoms with Crippen LogP contribution >= 0.6 is 0 Å². The van der Waals surface area contributed by atoms with E-state index in [-0.39, 0.29) is 44.1 Å². The lowest BCUT2D eigenvalue weighted by atomic mass is 10.0. The van der Waals surface area contributed by atoms with Crippen molar-refractivity contribution in [3.05, 3.63) is 33.9 Å². The fraction of sp³-hybridized carbons (Fsp3) is 0.471. The molecule has 0 fully saturated rings. The molecular formula is C17H19N5O3. The number of hydrogen-bond acceptors (Lipinski definition) is 6. The number of non-ortho nitro benzene ring substituents is 1. The number of hydrogen-bond donors (Lipinski definition) is 0. The van der Waals surface area contributed by atoms with Gasteiger partial charge in [0, 0.05) is 37.5 Å². The molecule has 0 radical (unpaired) electrons. The molecule has 8 heteroatoms. The fourth-order valence-corrected chi connectivity index (χ4v) is 2.91. The zero-order chi connectivity index (χ0) is 18.2. The molecule has 0 bridgehead atoms. The first-order chi connectivity index (χ1) is 12.1. The van der Waals surface area contributed by atoms with E-state index < -0.39 is 4.92 Å². The number of fused-ring (bicyclic) bond motifs is 1. The number of carbonyl (C=O) groups is 1. The molecule has 0 spiro atoms. The first kappa shape index (κ1) is 18.2. The number of carbonyl (C=O) groups excluding carboxylic acids is 1. The molecule has 130 valence electrons. The van der Waals surface area contributed by atoms with Gasteiger partial charge < -0.3 is 9.80 Å². The van der Waals surface area contributed by atoms with Gasteiger partial charge >= 0.3 is 0 Å². The molecule has 0 aromatic heterocycles. The van der Waals surface area contributed by atoms with E-state index in [0.29, 0.717) is 12.2 Å². The fourth-order valence-electron chi connectivity index (χ4n) is 2.91. The van der Waals surface area contributed by atoms with Crippen LogP contribution in [0.2, 0.25) is 0 Å². The molecule has 25 heavy (non-hydrogen) atoms. The molecule has 0 saturated heterocycles. The predicted molar refractivity (Wildman–Crippen MR) is 90.7 cm³/mol. The van der Waals surface area contributed by atoms with Gasteiger partial charge in [-0.2, -0.15) is 10.5 Å².